The third-order valence-electron chi connectivity index (χ3n) is 2.52. The van der Waals surface area contributed by atoms with E-state index >= 15 is 0 Å². The van der Waals surface area contributed by atoms with Crippen LogP contribution in [0, 0.1) is 10.5 Å². The van der Waals surface area contributed by atoms with Gasteiger partial charge in [-0.15, -0.1) is 0 Å². The summed E-state index contributed by atoms with van der Waals surface area (Å²) in [6.45, 7) is 6.42. The maximum absolute atomic E-state index is 11.3. The van der Waals surface area contributed by atoms with Crippen molar-refractivity contribution in [3.05, 3.63) is 32.9 Å². The number of aryl methyl sites for hydroxylation is 1. The molecule has 0 aliphatic carbocycles. The molecule has 1 aromatic rings. The molecule has 112 valence electrons. The van der Waals surface area contributed by atoms with Gasteiger partial charge in [0.05, 0.1) is 0 Å². The molecule has 0 amide bonds. The number of hydrogen-bond acceptors (Lipinski definition) is 5. The summed E-state index contributed by atoms with van der Waals surface area (Å²) in [6, 6.07) is 5.70. The molecule has 0 aliphatic rings. The predicted molar refractivity (Wildman–Crippen MR) is 82.9 cm³/mol. The van der Waals surface area contributed by atoms with Crippen LogP contribution < -0.4 is 0 Å². The van der Waals surface area contributed by atoms with Crippen molar-refractivity contribution in [1.82, 2.24) is 0 Å². The first-order valence-corrected chi connectivity index (χ1v) is 8.91. The molecule has 0 radical (unpaired) electrons. The summed E-state index contributed by atoms with van der Waals surface area (Å²) in [7, 11) is 1.60. The van der Waals surface area contributed by atoms with E-state index in [1.807, 2.05) is 32.0 Å². The third kappa shape index (κ3) is 4.45. The Labute approximate surface area is 127 Å². The number of carbonyl (C=O) groups is 2. The van der Waals surface area contributed by atoms with Crippen molar-refractivity contribution in [2.75, 3.05) is 7.11 Å². The van der Waals surface area contributed by atoms with Crippen LogP contribution >= 0.6 is 20.6 Å². The number of carbonyl (C=O) groups excluding carboxylic acids is 2. The Morgan fingerprint density at radius 2 is 1.70 bits per heavy atom. The second-order valence-electron chi connectivity index (χ2n) is 4.21. The second kappa shape index (κ2) is 7.58. The van der Waals surface area contributed by atoms with Crippen LogP contribution in [0.3, 0.4) is 0 Å². The van der Waals surface area contributed by atoms with Gasteiger partial charge in [-0.3, -0.25) is 0 Å². The molecule has 0 fully saturated rings. The van der Waals surface area contributed by atoms with Gasteiger partial charge in [0, 0.05) is 0 Å². The Hall–Kier alpha value is -1.15. The van der Waals surface area contributed by atoms with Crippen LogP contribution in [0.5, 0.6) is 0 Å². The molecular weight excluding hydrogens is 375 g/mol. The molecule has 1 aromatic carbocycles. The number of rotatable bonds is 5. The van der Waals surface area contributed by atoms with Gasteiger partial charge in [0.1, 0.15) is 0 Å². The normalized spacial score (nSPS) is 12.6. The Morgan fingerprint density at radius 3 is 2.15 bits per heavy atom. The molecular formula is C14H19IO5. The van der Waals surface area contributed by atoms with E-state index in [0.29, 0.717) is 0 Å². The van der Waals surface area contributed by atoms with Crippen molar-refractivity contribution in [2.24, 2.45) is 0 Å². The minimum absolute atomic E-state index is 0.171. The zero-order valence-electron chi connectivity index (χ0n) is 12.2. The SMILES string of the molecule is CO[C@@H](C)c1cccc(C)c1I(OC(C)=O)OC(C)=O. The van der Waals surface area contributed by atoms with Crippen molar-refractivity contribution in [2.45, 2.75) is 33.8 Å². The van der Waals surface area contributed by atoms with E-state index in [1.54, 1.807) is 7.11 Å². The molecule has 20 heavy (non-hydrogen) atoms. The number of hydrogen-bond donors (Lipinski definition) is 0. The fraction of sp³-hybridized carbons (Fsp3) is 0.429. The Balaban J connectivity index is 3.29. The molecule has 0 saturated heterocycles. The number of benzene rings is 1. The minimum atomic E-state index is -2.84. The zero-order chi connectivity index (χ0) is 15.3. The predicted octanol–water partition coefficient (Wildman–Crippen LogP) is 3.33. The van der Waals surface area contributed by atoms with Crippen LogP contribution in [0.15, 0.2) is 18.2 Å². The van der Waals surface area contributed by atoms with Crippen molar-refractivity contribution in [1.29, 1.82) is 0 Å². The van der Waals surface area contributed by atoms with E-state index in [-0.39, 0.29) is 6.10 Å². The molecule has 0 unspecified atom stereocenters. The fourth-order valence-corrected chi connectivity index (χ4v) is 5.27. The van der Waals surface area contributed by atoms with Crippen LogP contribution in [-0.4, -0.2) is 19.0 Å². The van der Waals surface area contributed by atoms with Crippen LogP contribution in [0.2, 0.25) is 0 Å². The van der Waals surface area contributed by atoms with E-state index in [0.717, 1.165) is 14.7 Å². The Bertz CT molecular complexity index is 484. The second-order valence-corrected chi connectivity index (χ2v) is 7.41. The van der Waals surface area contributed by atoms with Gasteiger partial charge in [0.2, 0.25) is 0 Å². The van der Waals surface area contributed by atoms with Gasteiger partial charge in [-0.1, -0.05) is 0 Å². The van der Waals surface area contributed by atoms with Crippen LogP contribution in [0.25, 0.3) is 0 Å². The van der Waals surface area contributed by atoms with Gasteiger partial charge in [0.25, 0.3) is 0 Å². The molecule has 0 spiro atoms. The monoisotopic (exact) mass is 394 g/mol. The first-order chi connectivity index (χ1) is 9.36. The van der Waals surface area contributed by atoms with Crippen LogP contribution in [-0.2, 0) is 20.5 Å². The summed E-state index contributed by atoms with van der Waals surface area (Å²) in [5.41, 5.74) is 1.82. The molecule has 0 heterocycles. The van der Waals surface area contributed by atoms with Crippen molar-refractivity contribution in [3.63, 3.8) is 0 Å². The number of halogens is 1. The van der Waals surface area contributed by atoms with Gasteiger partial charge in [-0.05, 0) is 0 Å². The summed E-state index contributed by atoms with van der Waals surface area (Å²) in [4.78, 5) is 22.5. The number of methoxy groups -OCH3 is 1. The molecule has 1 atom stereocenters. The first-order valence-electron chi connectivity index (χ1n) is 6.07. The van der Waals surface area contributed by atoms with Gasteiger partial charge >= 0.3 is 127 Å². The summed E-state index contributed by atoms with van der Waals surface area (Å²) < 4.78 is 16.7. The quantitative estimate of drug-likeness (QED) is 0.717. The molecule has 0 bridgehead atoms. The fourth-order valence-electron chi connectivity index (χ4n) is 1.61. The Morgan fingerprint density at radius 1 is 1.15 bits per heavy atom. The molecule has 6 heteroatoms. The van der Waals surface area contributed by atoms with E-state index in [2.05, 4.69) is 0 Å². The van der Waals surface area contributed by atoms with Crippen molar-refractivity contribution >= 4 is 32.6 Å². The average Bonchev–Trinajstić information content (AvgIpc) is 2.35. The van der Waals surface area contributed by atoms with Crippen molar-refractivity contribution < 1.29 is 20.5 Å². The average molecular weight is 394 g/mol. The van der Waals surface area contributed by atoms with E-state index in [4.69, 9.17) is 10.9 Å². The van der Waals surface area contributed by atoms with Gasteiger partial charge < -0.3 is 0 Å². The van der Waals surface area contributed by atoms with E-state index in [9.17, 15) is 9.59 Å². The molecule has 5 nitrogen and oxygen atoms in total. The van der Waals surface area contributed by atoms with Crippen LogP contribution in [0.4, 0.5) is 0 Å². The molecule has 0 saturated carbocycles. The van der Waals surface area contributed by atoms with Crippen LogP contribution in [0.1, 0.15) is 38.0 Å². The maximum atomic E-state index is 11.3. The zero-order valence-corrected chi connectivity index (χ0v) is 14.4. The molecule has 0 N–H and O–H groups in total. The topological polar surface area (TPSA) is 61.8 Å². The van der Waals surface area contributed by atoms with E-state index in [1.165, 1.54) is 13.8 Å². The Kier molecular flexibility index (Phi) is 6.41. The van der Waals surface area contributed by atoms with Gasteiger partial charge in [-0.25, -0.2) is 0 Å². The third-order valence-corrected chi connectivity index (χ3v) is 6.92. The summed E-state index contributed by atoms with van der Waals surface area (Å²) in [5, 5.41) is 0. The molecule has 0 aromatic heterocycles. The summed E-state index contributed by atoms with van der Waals surface area (Å²) in [6.07, 6.45) is -0.171. The van der Waals surface area contributed by atoms with E-state index < -0.39 is 32.6 Å². The van der Waals surface area contributed by atoms with Gasteiger partial charge in [0.15, 0.2) is 0 Å². The summed E-state index contributed by atoms with van der Waals surface area (Å²) >= 11 is -2.84. The standard InChI is InChI=1S/C14H19IO5/c1-9-7-6-8-13(10(2)18-5)14(9)15(19-11(3)16)20-12(4)17/h6-8,10H,1-5H3/t10-/m0/s1. The first kappa shape index (κ1) is 16.9. The summed E-state index contributed by atoms with van der Waals surface area (Å²) in [5.74, 6) is -0.897. The molecule has 1 rings (SSSR count). The van der Waals surface area contributed by atoms with Crippen molar-refractivity contribution in [3.8, 4) is 0 Å². The number of ether oxygens (including phenoxy) is 1. The molecule has 0 aliphatic heterocycles. The van der Waals surface area contributed by atoms with Gasteiger partial charge in [-0.2, -0.15) is 0 Å².